The normalized spacial score (nSPS) is 10.6. The molecule has 0 aromatic heterocycles. The van der Waals surface area contributed by atoms with Crippen molar-refractivity contribution in [2.24, 2.45) is 0 Å². The lowest BCUT2D eigenvalue weighted by atomic mass is 10.1. The van der Waals surface area contributed by atoms with Gasteiger partial charge in [-0.25, -0.2) is 0 Å². The molecule has 2 heteroatoms. The first-order chi connectivity index (χ1) is 6.24. The summed E-state index contributed by atoms with van der Waals surface area (Å²) in [5, 5.41) is 8.62. The van der Waals surface area contributed by atoms with Gasteiger partial charge in [0.15, 0.2) is 5.78 Å². The molecule has 0 spiro atoms. The molecule has 1 aromatic rings. The number of nitriles is 1. The van der Waals surface area contributed by atoms with Gasteiger partial charge < -0.3 is 0 Å². The van der Waals surface area contributed by atoms with Crippen molar-refractivity contribution in [3.8, 4) is 6.07 Å². The lowest BCUT2D eigenvalue weighted by Crippen LogP contribution is -1.92. The zero-order valence-corrected chi connectivity index (χ0v) is 7.32. The van der Waals surface area contributed by atoms with E-state index in [1.807, 2.05) is 36.4 Å². The largest absolute Gasteiger partial charge is 0.294 e. The number of allylic oxidation sites excluding steroid dienone is 1. The molecule has 0 aliphatic heterocycles. The Hall–Kier alpha value is -1.88. The summed E-state index contributed by atoms with van der Waals surface area (Å²) in [6.07, 6.45) is 1.59. The van der Waals surface area contributed by atoms with Gasteiger partial charge in [0.1, 0.15) is 6.07 Å². The quantitative estimate of drug-likeness (QED) is 0.505. The van der Waals surface area contributed by atoms with Crippen LogP contribution in [0.2, 0.25) is 0 Å². The molecule has 0 saturated heterocycles. The highest BCUT2D eigenvalue weighted by atomic mass is 16.1. The Labute approximate surface area is 77.1 Å². The zero-order chi connectivity index (χ0) is 9.68. The number of hydrogen-bond acceptors (Lipinski definition) is 2. The van der Waals surface area contributed by atoms with Gasteiger partial charge in [0, 0.05) is 0 Å². The molecule has 0 amide bonds. The third-order valence-electron chi connectivity index (χ3n) is 1.61. The van der Waals surface area contributed by atoms with E-state index in [0.717, 1.165) is 5.56 Å². The standard InChI is InChI=1S/C11H9NO/c1-9(13)11(8-12)7-10-5-3-2-4-6-10/h2-7H,1H3/b11-7+. The maximum absolute atomic E-state index is 10.9. The Bertz CT molecular complexity index is 371. The molecule has 1 rings (SSSR count). The molecule has 0 aliphatic rings. The molecule has 13 heavy (non-hydrogen) atoms. The number of carbonyl (C=O) groups excluding carboxylic acids is 1. The first-order valence-corrected chi connectivity index (χ1v) is 3.92. The summed E-state index contributed by atoms with van der Waals surface area (Å²) in [7, 11) is 0. The Kier molecular flexibility index (Phi) is 2.99. The molecule has 0 unspecified atom stereocenters. The van der Waals surface area contributed by atoms with Gasteiger partial charge >= 0.3 is 0 Å². The summed E-state index contributed by atoms with van der Waals surface area (Å²) in [5.74, 6) is -0.202. The fourth-order valence-electron chi connectivity index (χ4n) is 0.929. The second-order valence-electron chi connectivity index (χ2n) is 2.64. The molecule has 0 fully saturated rings. The molecule has 0 N–H and O–H groups in total. The topological polar surface area (TPSA) is 40.9 Å². The van der Waals surface area contributed by atoms with Crippen molar-refractivity contribution in [2.75, 3.05) is 0 Å². The van der Waals surface area contributed by atoms with Crippen LogP contribution in [-0.4, -0.2) is 5.78 Å². The maximum Gasteiger partial charge on any atom is 0.170 e. The second-order valence-corrected chi connectivity index (χ2v) is 2.64. The second kappa shape index (κ2) is 4.22. The van der Waals surface area contributed by atoms with Crippen LogP contribution in [0.5, 0.6) is 0 Å². The molecule has 0 atom stereocenters. The number of Topliss-reactive ketones (excluding diaryl/α,β-unsaturated/α-hetero) is 1. The van der Waals surface area contributed by atoms with Gasteiger partial charge in [-0.3, -0.25) is 4.79 Å². The number of ketones is 1. The molecule has 0 saturated carbocycles. The number of rotatable bonds is 2. The highest BCUT2D eigenvalue weighted by Crippen LogP contribution is 2.06. The summed E-state index contributed by atoms with van der Waals surface area (Å²) in [4.78, 5) is 10.9. The van der Waals surface area contributed by atoms with Crippen LogP contribution in [-0.2, 0) is 4.79 Å². The molecule has 1 aromatic carbocycles. The predicted octanol–water partition coefficient (Wildman–Crippen LogP) is 2.18. The van der Waals surface area contributed by atoms with Crippen LogP contribution in [0.1, 0.15) is 12.5 Å². The van der Waals surface area contributed by atoms with Crippen molar-refractivity contribution in [3.63, 3.8) is 0 Å². The van der Waals surface area contributed by atoms with E-state index in [4.69, 9.17) is 5.26 Å². The number of benzene rings is 1. The predicted molar refractivity (Wildman–Crippen MR) is 50.7 cm³/mol. The summed E-state index contributed by atoms with van der Waals surface area (Å²) in [5.41, 5.74) is 1.06. The van der Waals surface area contributed by atoms with E-state index < -0.39 is 0 Å². The molecule has 0 aliphatic carbocycles. The fraction of sp³-hybridized carbons (Fsp3) is 0.0909. The Morgan fingerprint density at radius 3 is 2.46 bits per heavy atom. The summed E-state index contributed by atoms with van der Waals surface area (Å²) >= 11 is 0. The molecule has 64 valence electrons. The third kappa shape index (κ3) is 2.57. The van der Waals surface area contributed by atoms with Crippen molar-refractivity contribution in [2.45, 2.75) is 6.92 Å². The number of nitrogens with zero attached hydrogens (tertiary/aromatic N) is 1. The van der Waals surface area contributed by atoms with Crippen LogP contribution in [0.4, 0.5) is 0 Å². The van der Waals surface area contributed by atoms with E-state index in [-0.39, 0.29) is 11.4 Å². The molecular weight excluding hydrogens is 162 g/mol. The van der Waals surface area contributed by atoms with Gasteiger partial charge in [-0.15, -0.1) is 0 Å². The van der Waals surface area contributed by atoms with Crippen LogP contribution >= 0.6 is 0 Å². The smallest absolute Gasteiger partial charge is 0.170 e. The molecular formula is C11H9NO. The monoisotopic (exact) mass is 171 g/mol. The molecule has 0 radical (unpaired) electrons. The number of hydrogen-bond donors (Lipinski definition) is 0. The van der Waals surface area contributed by atoms with Crippen LogP contribution < -0.4 is 0 Å². The van der Waals surface area contributed by atoms with E-state index in [1.54, 1.807) is 6.08 Å². The Morgan fingerprint density at radius 1 is 1.38 bits per heavy atom. The first kappa shape index (κ1) is 9.21. The summed E-state index contributed by atoms with van der Waals surface area (Å²) < 4.78 is 0. The highest BCUT2D eigenvalue weighted by molar-refractivity contribution is 6.01. The van der Waals surface area contributed by atoms with E-state index in [9.17, 15) is 4.79 Å². The average molecular weight is 171 g/mol. The van der Waals surface area contributed by atoms with Gasteiger partial charge in [-0.2, -0.15) is 5.26 Å². The van der Waals surface area contributed by atoms with Gasteiger partial charge in [0.2, 0.25) is 0 Å². The SMILES string of the molecule is CC(=O)/C(C#N)=C/c1ccccc1. The molecule has 0 bridgehead atoms. The van der Waals surface area contributed by atoms with Crippen molar-refractivity contribution < 1.29 is 4.79 Å². The highest BCUT2D eigenvalue weighted by Gasteiger charge is 2.00. The number of carbonyl (C=O) groups is 1. The molecule has 2 nitrogen and oxygen atoms in total. The van der Waals surface area contributed by atoms with Gasteiger partial charge in [-0.05, 0) is 18.6 Å². The van der Waals surface area contributed by atoms with Crippen molar-refractivity contribution in [1.29, 1.82) is 5.26 Å². The van der Waals surface area contributed by atoms with E-state index in [2.05, 4.69) is 0 Å². The lowest BCUT2D eigenvalue weighted by Gasteiger charge is -1.92. The Balaban J connectivity index is 3.01. The van der Waals surface area contributed by atoms with Crippen molar-refractivity contribution in [3.05, 3.63) is 41.5 Å². The maximum atomic E-state index is 10.9. The van der Waals surface area contributed by atoms with Crippen molar-refractivity contribution in [1.82, 2.24) is 0 Å². The van der Waals surface area contributed by atoms with Crippen LogP contribution in [0, 0.1) is 11.3 Å². The average Bonchev–Trinajstić information content (AvgIpc) is 2.15. The van der Waals surface area contributed by atoms with Gasteiger partial charge in [-0.1, -0.05) is 30.3 Å². The van der Waals surface area contributed by atoms with Crippen molar-refractivity contribution >= 4 is 11.9 Å². The van der Waals surface area contributed by atoms with Crippen LogP contribution in [0.25, 0.3) is 6.08 Å². The van der Waals surface area contributed by atoms with E-state index in [1.165, 1.54) is 6.92 Å². The Morgan fingerprint density at radius 2 is 2.00 bits per heavy atom. The minimum absolute atomic E-state index is 0.186. The summed E-state index contributed by atoms with van der Waals surface area (Å²) in [6, 6.07) is 11.2. The minimum atomic E-state index is -0.202. The van der Waals surface area contributed by atoms with E-state index >= 15 is 0 Å². The fourth-order valence-corrected chi connectivity index (χ4v) is 0.929. The zero-order valence-electron chi connectivity index (χ0n) is 7.32. The third-order valence-corrected chi connectivity index (χ3v) is 1.61. The molecule has 0 heterocycles. The first-order valence-electron chi connectivity index (χ1n) is 3.92. The van der Waals surface area contributed by atoms with Crippen LogP contribution in [0.15, 0.2) is 35.9 Å². The van der Waals surface area contributed by atoms with Gasteiger partial charge in [0.05, 0.1) is 5.57 Å². The van der Waals surface area contributed by atoms with Crippen LogP contribution in [0.3, 0.4) is 0 Å². The summed E-state index contributed by atoms with van der Waals surface area (Å²) in [6.45, 7) is 1.39. The lowest BCUT2D eigenvalue weighted by molar-refractivity contribution is -0.113. The van der Waals surface area contributed by atoms with E-state index in [0.29, 0.717) is 0 Å². The van der Waals surface area contributed by atoms with Gasteiger partial charge in [0.25, 0.3) is 0 Å². The minimum Gasteiger partial charge on any atom is -0.294 e.